The lowest BCUT2D eigenvalue weighted by Crippen LogP contribution is -2.33. The third-order valence-corrected chi connectivity index (χ3v) is 3.65. The second-order valence-corrected chi connectivity index (χ2v) is 5.06. The quantitative estimate of drug-likeness (QED) is 0.831. The molecule has 0 amide bonds. The fourth-order valence-electron chi connectivity index (χ4n) is 1.56. The second kappa shape index (κ2) is 4.23. The average Bonchev–Trinajstić information content (AvgIpc) is 2.29. The van der Waals surface area contributed by atoms with Gasteiger partial charge in [0, 0.05) is 13.1 Å². The molecule has 5 nitrogen and oxygen atoms in total. The molecule has 0 spiro atoms. The van der Waals surface area contributed by atoms with Crippen molar-refractivity contribution in [2.75, 3.05) is 25.0 Å². The molecule has 0 aromatic heterocycles. The van der Waals surface area contributed by atoms with Crippen molar-refractivity contribution in [2.24, 2.45) is 4.40 Å². The van der Waals surface area contributed by atoms with Gasteiger partial charge in [-0.15, -0.1) is 4.40 Å². The van der Waals surface area contributed by atoms with Gasteiger partial charge in [0.1, 0.15) is 11.2 Å². The summed E-state index contributed by atoms with van der Waals surface area (Å²) in [6.07, 6.45) is 1.37. The van der Waals surface area contributed by atoms with Crippen LogP contribution in [0.25, 0.3) is 0 Å². The first kappa shape index (κ1) is 11.1. The van der Waals surface area contributed by atoms with Crippen LogP contribution in [-0.2, 0) is 10.0 Å². The van der Waals surface area contributed by atoms with Crippen molar-refractivity contribution in [3.63, 3.8) is 0 Å². The third-order valence-electron chi connectivity index (χ3n) is 2.38. The Hall–Kier alpha value is -1.40. The Morgan fingerprint density at radius 3 is 2.88 bits per heavy atom. The molecule has 1 aromatic carbocycles. The summed E-state index contributed by atoms with van der Waals surface area (Å²) >= 11 is 0. The highest BCUT2D eigenvalue weighted by molar-refractivity contribution is 7.90. The van der Waals surface area contributed by atoms with Crippen molar-refractivity contribution in [3.05, 3.63) is 24.3 Å². The zero-order valence-electron chi connectivity index (χ0n) is 8.92. The molecule has 0 fully saturated rings. The second-order valence-electron chi connectivity index (χ2n) is 3.46. The zero-order chi connectivity index (χ0) is 11.6. The highest BCUT2D eigenvalue weighted by Crippen LogP contribution is 2.28. The molecule has 0 saturated heterocycles. The van der Waals surface area contributed by atoms with Gasteiger partial charge in [-0.2, -0.15) is 8.42 Å². The van der Waals surface area contributed by atoms with Gasteiger partial charge in [-0.3, -0.25) is 0 Å². The van der Waals surface area contributed by atoms with E-state index in [-0.39, 0.29) is 4.90 Å². The van der Waals surface area contributed by atoms with Gasteiger partial charge in [0.05, 0.1) is 5.69 Å². The standard InChI is InChI=1S/C10H13N3O2S/c1-11-6-7-13-8-12-16(14,15)10-5-3-2-4-9(10)13/h2-5,8,11H,6-7H2,1H3. The minimum Gasteiger partial charge on any atom is -0.329 e. The number of hydrogen-bond acceptors (Lipinski definition) is 4. The van der Waals surface area contributed by atoms with Crippen molar-refractivity contribution in [2.45, 2.75) is 4.90 Å². The maximum absolute atomic E-state index is 11.7. The monoisotopic (exact) mass is 239 g/mol. The van der Waals surface area contributed by atoms with Gasteiger partial charge >= 0.3 is 0 Å². The number of hydrogen-bond donors (Lipinski definition) is 1. The molecule has 6 heteroatoms. The molecule has 0 bridgehead atoms. The SMILES string of the molecule is CNCCN1C=NS(=O)(=O)c2ccccc21. The van der Waals surface area contributed by atoms with Crippen LogP contribution in [0.5, 0.6) is 0 Å². The lowest BCUT2D eigenvalue weighted by Gasteiger charge is -2.24. The molecule has 1 aliphatic heterocycles. The molecule has 0 aliphatic carbocycles. The van der Waals surface area contributed by atoms with Crippen LogP contribution in [0.4, 0.5) is 5.69 Å². The van der Waals surface area contributed by atoms with E-state index in [0.717, 1.165) is 6.54 Å². The number of para-hydroxylation sites is 1. The molecule has 0 unspecified atom stereocenters. The first-order valence-corrected chi connectivity index (χ1v) is 6.40. The van der Waals surface area contributed by atoms with Crippen molar-refractivity contribution >= 4 is 22.0 Å². The van der Waals surface area contributed by atoms with Crippen LogP contribution >= 0.6 is 0 Å². The molecule has 0 radical (unpaired) electrons. The topological polar surface area (TPSA) is 61.8 Å². The summed E-state index contributed by atoms with van der Waals surface area (Å²) in [5, 5.41) is 3.01. The summed E-state index contributed by atoms with van der Waals surface area (Å²) in [6.45, 7) is 1.45. The van der Waals surface area contributed by atoms with E-state index in [1.807, 2.05) is 18.0 Å². The van der Waals surface area contributed by atoms with Crippen molar-refractivity contribution in [1.82, 2.24) is 5.32 Å². The number of nitrogens with one attached hydrogen (secondary N) is 1. The van der Waals surface area contributed by atoms with Gasteiger partial charge in [0.25, 0.3) is 10.0 Å². The Balaban J connectivity index is 2.41. The van der Waals surface area contributed by atoms with Gasteiger partial charge in [0.2, 0.25) is 0 Å². The number of rotatable bonds is 3. The molecule has 0 atom stereocenters. The summed E-state index contributed by atoms with van der Waals surface area (Å²) in [6, 6.07) is 6.88. The van der Waals surface area contributed by atoms with Gasteiger partial charge < -0.3 is 10.2 Å². The fraction of sp³-hybridized carbons (Fsp3) is 0.300. The molecule has 16 heavy (non-hydrogen) atoms. The number of benzene rings is 1. The highest BCUT2D eigenvalue weighted by atomic mass is 32.2. The van der Waals surface area contributed by atoms with Crippen LogP contribution in [0, 0.1) is 0 Å². The van der Waals surface area contributed by atoms with Gasteiger partial charge in [-0.25, -0.2) is 0 Å². The van der Waals surface area contributed by atoms with E-state index in [1.54, 1.807) is 18.2 Å². The van der Waals surface area contributed by atoms with Gasteiger partial charge in [-0.1, -0.05) is 12.1 Å². The van der Waals surface area contributed by atoms with E-state index in [1.165, 1.54) is 6.34 Å². The molecule has 1 N–H and O–H groups in total. The largest absolute Gasteiger partial charge is 0.329 e. The highest BCUT2D eigenvalue weighted by Gasteiger charge is 2.24. The predicted molar refractivity (Wildman–Crippen MR) is 63.4 cm³/mol. The maximum Gasteiger partial charge on any atom is 0.285 e. The number of likely N-dealkylation sites (N-methyl/N-ethyl adjacent to an activating group) is 1. The van der Waals surface area contributed by atoms with E-state index >= 15 is 0 Å². The first-order chi connectivity index (χ1) is 7.65. The van der Waals surface area contributed by atoms with Crippen LogP contribution in [0.3, 0.4) is 0 Å². The van der Waals surface area contributed by atoms with Gasteiger partial charge in [0.15, 0.2) is 0 Å². The number of nitrogens with zero attached hydrogens (tertiary/aromatic N) is 2. The molecular weight excluding hydrogens is 226 g/mol. The minimum atomic E-state index is -3.49. The summed E-state index contributed by atoms with van der Waals surface area (Å²) in [7, 11) is -1.64. The van der Waals surface area contributed by atoms with Crippen molar-refractivity contribution in [1.29, 1.82) is 0 Å². The molecule has 0 saturated carbocycles. The van der Waals surface area contributed by atoms with E-state index in [2.05, 4.69) is 9.71 Å². The molecular formula is C10H13N3O2S. The average molecular weight is 239 g/mol. The summed E-state index contributed by atoms with van der Waals surface area (Å²) in [5.41, 5.74) is 0.688. The minimum absolute atomic E-state index is 0.272. The molecule has 86 valence electrons. The Labute approximate surface area is 94.9 Å². The van der Waals surface area contributed by atoms with E-state index in [4.69, 9.17) is 0 Å². The Morgan fingerprint density at radius 1 is 1.38 bits per heavy atom. The summed E-state index contributed by atoms with van der Waals surface area (Å²) < 4.78 is 26.9. The third kappa shape index (κ3) is 1.94. The maximum atomic E-state index is 11.7. The Kier molecular flexibility index (Phi) is 2.93. The predicted octanol–water partition coefficient (Wildman–Crippen LogP) is 0.443. The van der Waals surface area contributed by atoms with Crippen molar-refractivity contribution in [3.8, 4) is 0 Å². The van der Waals surface area contributed by atoms with Crippen LogP contribution in [0.1, 0.15) is 0 Å². The number of sulfonamides is 1. The molecule has 1 aliphatic rings. The lowest BCUT2D eigenvalue weighted by molar-refractivity contribution is 0.597. The number of anilines is 1. The smallest absolute Gasteiger partial charge is 0.285 e. The van der Waals surface area contributed by atoms with Crippen LogP contribution in [-0.4, -0.2) is 34.9 Å². The first-order valence-electron chi connectivity index (χ1n) is 4.96. The van der Waals surface area contributed by atoms with Crippen LogP contribution in [0.2, 0.25) is 0 Å². The Morgan fingerprint density at radius 2 is 2.12 bits per heavy atom. The van der Waals surface area contributed by atoms with Crippen LogP contribution < -0.4 is 10.2 Å². The molecule has 2 rings (SSSR count). The lowest BCUT2D eigenvalue weighted by atomic mass is 10.3. The number of fused-ring (bicyclic) bond motifs is 1. The Bertz CT molecular complexity index is 511. The fourth-order valence-corrected chi connectivity index (χ4v) is 2.61. The molecule has 1 aromatic rings. The summed E-state index contributed by atoms with van der Waals surface area (Å²) in [4.78, 5) is 2.10. The van der Waals surface area contributed by atoms with E-state index in [9.17, 15) is 8.42 Å². The normalized spacial score (nSPS) is 17.2. The molecule has 1 heterocycles. The van der Waals surface area contributed by atoms with Crippen molar-refractivity contribution < 1.29 is 8.42 Å². The van der Waals surface area contributed by atoms with E-state index < -0.39 is 10.0 Å². The zero-order valence-corrected chi connectivity index (χ0v) is 9.74. The summed E-state index contributed by atoms with van der Waals surface area (Å²) in [5.74, 6) is 0. The van der Waals surface area contributed by atoms with Gasteiger partial charge in [-0.05, 0) is 19.2 Å². The van der Waals surface area contributed by atoms with E-state index in [0.29, 0.717) is 12.2 Å². The van der Waals surface area contributed by atoms with Crippen LogP contribution in [0.15, 0.2) is 33.6 Å².